The van der Waals surface area contributed by atoms with Crippen LogP contribution in [0.3, 0.4) is 0 Å². The van der Waals surface area contributed by atoms with E-state index in [1.54, 1.807) is 0 Å². The number of ether oxygens (including phenoxy) is 1. The Labute approximate surface area is 114 Å². The van der Waals surface area contributed by atoms with Crippen LogP contribution in [0.15, 0.2) is 48.5 Å². The fourth-order valence-electron chi connectivity index (χ4n) is 2.20. The van der Waals surface area contributed by atoms with Crippen molar-refractivity contribution in [3.05, 3.63) is 59.7 Å². The van der Waals surface area contributed by atoms with Gasteiger partial charge in [-0.2, -0.15) is 13.2 Å². The van der Waals surface area contributed by atoms with Crippen LogP contribution in [0.25, 0.3) is 0 Å². The zero-order valence-corrected chi connectivity index (χ0v) is 10.4. The van der Waals surface area contributed by atoms with Crippen LogP contribution in [0, 0.1) is 0 Å². The highest BCUT2D eigenvalue weighted by Gasteiger charge is 2.32. The molecule has 1 atom stereocenters. The molecule has 1 heterocycles. The summed E-state index contributed by atoms with van der Waals surface area (Å²) in [6.45, 7) is 0.443. The smallest absolute Gasteiger partial charge is 0.416 e. The molecule has 1 N–H and O–H groups in total. The molecule has 0 aliphatic carbocycles. The highest BCUT2D eigenvalue weighted by atomic mass is 19.4. The lowest BCUT2D eigenvalue weighted by molar-refractivity contribution is -0.137. The third-order valence-electron chi connectivity index (χ3n) is 3.23. The van der Waals surface area contributed by atoms with E-state index in [-0.39, 0.29) is 6.10 Å². The highest BCUT2D eigenvalue weighted by molar-refractivity contribution is 5.60. The van der Waals surface area contributed by atoms with Gasteiger partial charge in [-0.1, -0.05) is 30.3 Å². The van der Waals surface area contributed by atoms with Gasteiger partial charge in [0.2, 0.25) is 0 Å². The predicted molar refractivity (Wildman–Crippen MR) is 69.7 cm³/mol. The van der Waals surface area contributed by atoms with Gasteiger partial charge in [0.05, 0.1) is 17.8 Å². The van der Waals surface area contributed by atoms with Crippen LogP contribution in [-0.4, -0.2) is 6.54 Å². The van der Waals surface area contributed by atoms with E-state index in [9.17, 15) is 13.2 Å². The summed E-state index contributed by atoms with van der Waals surface area (Å²) in [4.78, 5) is 0. The van der Waals surface area contributed by atoms with E-state index in [1.807, 2.05) is 30.3 Å². The lowest BCUT2D eigenvalue weighted by Crippen LogP contribution is -2.24. The molecular formula is C15H12F3NO. The van der Waals surface area contributed by atoms with Crippen molar-refractivity contribution in [3.63, 3.8) is 0 Å². The molecule has 0 amide bonds. The molecule has 0 bridgehead atoms. The molecule has 5 heteroatoms. The molecule has 0 radical (unpaired) electrons. The summed E-state index contributed by atoms with van der Waals surface area (Å²) < 4.78 is 43.6. The van der Waals surface area contributed by atoms with Gasteiger partial charge in [-0.25, -0.2) is 0 Å². The van der Waals surface area contributed by atoms with Gasteiger partial charge in [0, 0.05) is 0 Å². The lowest BCUT2D eigenvalue weighted by Gasteiger charge is -2.28. The zero-order chi connectivity index (χ0) is 14.2. The molecule has 1 aliphatic heterocycles. The fraction of sp³-hybridized carbons (Fsp3) is 0.200. The second kappa shape index (κ2) is 4.74. The number of hydrogen-bond acceptors (Lipinski definition) is 2. The molecule has 0 saturated heterocycles. The van der Waals surface area contributed by atoms with E-state index in [0.717, 1.165) is 17.7 Å². The highest BCUT2D eigenvalue weighted by Crippen LogP contribution is 2.38. The fourth-order valence-corrected chi connectivity index (χ4v) is 2.20. The molecule has 2 aromatic rings. The van der Waals surface area contributed by atoms with Crippen molar-refractivity contribution in [2.75, 3.05) is 11.9 Å². The molecule has 1 unspecified atom stereocenters. The van der Waals surface area contributed by atoms with Crippen LogP contribution in [-0.2, 0) is 6.18 Å². The van der Waals surface area contributed by atoms with Gasteiger partial charge in [0.25, 0.3) is 0 Å². The van der Waals surface area contributed by atoms with Crippen molar-refractivity contribution in [1.82, 2.24) is 0 Å². The molecule has 104 valence electrons. The monoisotopic (exact) mass is 279 g/mol. The Bertz CT molecular complexity index is 610. The molecule has 2 nitrogen and oxygen atoms in total. The maximum atomic E-state index is 12.6. The SMILES string of the molecule is FC(F)(F)c1ccc2c(c1)NCC(c1ccccc1)O2. The van der Waals surface area contributed by atoms with E-state index >= 15 is 0 Å². The van der Waals surface area contributed by atoms with Crippen LogP contribution in [0.1, 0.15) is 17.2 Å². The molecule has 0 spiro atoms. The Balaban J connectivity index is 1.86. The number of hydrogen-bond donors (Lipinski definition) is 1. The van der Waals surface area contributed by atoms with E-state index < -0.39 is 11.7 Å². The summed E-state index contributed by atoms with van der Waals surface area (Å²) in [5.74, 6) is 0.443. The number of benzene rings is 2. The Morgan fingerprint density at radius 3 is 2.50 bits per heavy atom. The molecule has 0 aromatic heterocycles. The average molecular weight is 279 g/mol. The van der Waals surface area contributed by atoms with Gasteiger partial charge < -0.3 is 10.1 Å². The molecular weight excluding hydrogens is 267 g/mol. The molecule has 3 rings (SSSR count). The average Bonchev–Trinajstić information content (AvgIpc) is 2.46. The van der Waals surface area contributed by atoms with Crippen LogP contribution in [0.2, 0.25) is 0 Å². The second-order valence-electron chi connectivity index (χ2n) is 4.61. The van der Waals surface area contributed by atoms with Gasteiger partial charge in [0.1, 0.15) is 11.9 Å². The van der Waals surface area contributed by atoms with Crippen molar-refractivity contribution >= 4 is 5.69 Å². The largest absolute Gasteiger partial charge is 0.482 e. The van der Waals surface area contributed by atoms with Gasteiger partial charge in [-0.15, -0.1) is 0 Å². The number of alkyl halides is 3. The van der Waals surface area contributed by atoms with Gasteiger partial charge in [0.15, 0.2) is 0 Å². The first-order valence-electron chi connectivity index (χ1n) is 6.21. The third-order valence-corrected chi connectivity index (χ3v) is 3.23. The standard InChI is InChI=1S/C15H12F3NO/c16-15(17,18)11-6-7-13-12(8-11)19-9-14(20-13)10-4-2-1-3-5-10/h1-8,14,19H,9H2. The first-order valence-corrected chi connectivity index (χ1v) is 6.21. The number of anilines is 1. The maximum absolute atomic E-state index is 12.6. The first kappa shape index (κ1) is 12.8. The van der Waals surface area contributed by atoms with Crippen molar-refractivity contribution < 1.29 is 17.9 Å². The summed E-state index contributed by atoms with van der Waals surface area (Å²) in [7, 11) is 0. The minimum Gasteiger partial charge on any atom is -0.482 e. The van der Waals surface area contributed by atoms with Gasteiger partial charge >= 0.3 is 6.18 Å². The molecule has 1 aliphatic rings. The molecule has 20 heavy (non-hydrogen) atoms. The van der Waals surface area contributed by atoms with Crippen LogP contribution >= 0.6 is 0 Å². The number of rotatable bonds is 1. The second-order valence-corrected chi connectivity index (χ2v) is 4.61. The Kier molecular flexibility index (Phi) is 3.04. The van der Waals surface area contributed by atoms with Crippen LogP contribution < -0.4 is 10.1 Å². The van der Waals surface area contributed by atoms with E-state index in [2.05, 4.69) is 5.32 Å². The molecule has 0 saturated carbocycles. The van der Waals surface area contributed by atoms with Crippen LogP contribution in [0.5, 0.6) is 5.75 Å². The van der Waals surface area contributed by atoms with E-state index in [0.29, 0.717) is 18.0 Å². The van der Waals surface area contributed by atoms with E-state index in [1.165, 1.54) is 6.07 Å². The first-order chi connectivity index (χ1) is 9.54. The van der Waals surface area contributed by atoms with Gasteiger partial charge in [-0.05, 0) is 23.8 Å². The Hall–Kier alpha value is -2.17. The molecule has 2 aromatic carbocycles. The van der Waals surface area contributed by atoms with E-state index in [4.69, 9.17) is 4.74 Å². The topological polar surface area (TPSA) is 21.3 Å². The predicted octanol–water partition coefficient (Wildman–Crippen LogP) is 4.25. The van der Waals surface area contributed by atoms with Crippen molar-refractivity contribution in [3.8, 4) is 5.75 Å². The summed E-state index contributed by atoms with van der Waals surface area (Å²) in [6.07, 6.45) is -4.53. The summed E-state index contributed by atoms with van der Waals surface area (Å²) in [5, 5.41) is 3.00. The van der Waals surface area contributed by atoms with Crippen LogP contribution in [0.4, 0.5) is 18.9 Å². The minimum atomic E-state index is -4.34. The minimum absolute atomic E-state index is 0.194. The normalized spacial score (nSPS) is 17.9. The summed E-state index contributed by atoms with van der Waals surface area (Å²) in [6, 6.07) is 13.1. The van der Waals surface area contributed by atoms with Crippen molar-refractivity contribution in [1.29, 1.82) is 0 Å². The number of fused-ring (bicyclic) bond motifs is 1. The van der Waals surface area contributed by atoms with Crippen molar-refractivity contribution in [2.24, 2.45) is 0 Å². The summed E-state index contributed by atoms with van der Waals surface area (Å²) in [5.41, 5.74) is 0.697. The quantitative estimate of drug-likeness (QED) is 0.842. The maximum Gasteiger partial charge on any atom is 0.416 e. The summed E-state index contributed by atoms with van der Waals surface area (Å²) >= 11 is 0. The van der Waals surface area contributed by atoms with Crippen molar-refractivity contribution in [2.45, 2.75) is 12.3 Å². The van der Waals surface area contributed by atoms with Gasteiger partial charge in [-0.3, -0.25) is 0 Å². The Morgan fingerprint density at radius 2 is 1.80 bits per heavy atom. The number of nitrogens with one attached hydrogen (secondary N) is 1. The zero-order valence-electron chi connectivity index (χ0n) is 10.4. The third kappa shape index (κ3) is 2.43. The lowest BCUT2D eigenvalue weighted by atomic mass is 10.1. The molecule has 0 fully saturated rings. The Morgan fingerprint density at radius 1 is 1.05 bits per heavy atom. The number of halogens is 3.